The number of hydrogen-bond acceptors (Lipinski definition) is 6. The van der Waals surface area contributed by atoms with Crippen molar-refractivity contribution in [3.05, 3.63) is 35.9 Å². The van der Waals surface area contributed by atoms with Gasteiger partial charge in [-0.1, -0.05) is 0 Å². The minimum Gasteiger partial charge on any atom is -0.439 e. The highest BCUT2D eigenvalue weighted by Gasteiger charge is 2.07. The molecule has 0 atom stereocenters. The Morgan fingerprint density at radius 2 is 1.89 bits per heavy atom. The Labute approximate surface area is 101 Å². The van der Waals surface area contributed by atoms with E-state index in [1.165, 1.54) is 12.1 Å². The Bertz CT molecular complexity index is 578. The monoisotopic (exact) mass is 253 g/mol. The van der Waals surface area contributed by atoms with Crippen molar-refractivity contribution in [2.75, 3.05) is 11.2 Å². The van der Waals surface area contributed by atoms with E-state index in [4.69, 9.17) is 16.3 Å². The molecule has 0 amide bonds. The maximum Gasteiger partial charge on any atom is 0.226 e. The van der Waals surface area contributed by atoms with Gasteiger partial charge in [0.1, 0.15) is 11.6 Å². The van der Waals surface area contributed by atoms with Crippen molar-refractivity contribution in [2.45, 2.75) is 0 Å². The fourth-order valence-electron chi connectivity index (χ4n) is 1.23. The van der Waals surface area contributed by atoms with Crippen molar-refractivity contribution in [3.8, 4) is 11.6 Å². The molecule has 2 aromatic rings. The summed E-state index contributed by atoms with van der Waals surface area (Å²) in [6.07, 6.45) is 0. The fraction of sp³-hybridized carbons (Fsp3) is 0. The molecule has 8 heteroatoms. The van der Waals surface area contributed by atoms with Gasteiger partial charge in [0.15, 0.2) is 11.6 Å². The van der Waals surface area contributed by atoms with Crippen LogP contribution in [0.1, 0.15) is 0 Å². The molecule has 94 valence electrons. The van der Waals surface area contributed by atoms with Gasteiger partial charge < -0.3 is 15.9 Å². The number of benzene rings is 1. The molecule has 1 aromatic carbocycles. The van der Waals surface area contributed by atoms with Gasteiger partial charge in [-0.3, -0.25) is 0 Å². The predicted octanol–water partition coefficient (Wildman–Crippen LogP) is 1.41. The molecule has 0 spiro atoms. The largest absolute Gasteiger partial charge is 0.439 e. The second kappa shape index (κ2) is 4.80. The third-order valence-electron chi connectivity index (χ3n) is 1.98. The van der Waals surface area contributed by atoms with Crippen LogP contribution in [0.4, 0.5) is 20.5 Å². The fourth-order valence-corrected chi connectivity index (χ4v) is 1.23. The minimum absolute atomic E-state index is 0.0569. The standard InChI is InChI=1S/C10H9F2N5O/c11-6-2-1-5(3-7(6)12)18-9-4-8(17-14)15-10(13)16-9/h1-4H,14H2,(H3,13,15,16,17). The molecule has 5 N–H and O–H groups in total. The van der Waals surface area contributed by atoms with Crippen LogP contribution in [0, 0.1) is 11.6 Å². The summed E-state index contributed by atoms with van der Waals surface area (Å²) < 4.78 is 30.9. The Morgan fingerprint density at radius 1 is 1.11 bits per heavy atom. The van der Waals surface area contributed by atoms with E-state index in [1.54, 1.807) is 0 Å². The van der Waals surface area contributed by atoms with Gasteiger partial charge in [-0.2, -0.15) is 9.97 Å². The van der Waals surface area contributed by atoms with Gasteiger partial charge in [-0.25, -0.2) is 14.6 Å². The SMILES string of the molecule is NNc1cc(Oc2ccc(F)c(F)c2)nc(N)n1. The van der Waals surface area contributed by atoms with E-state index in [0.717, 1.165) is 12.1 Å². The zero-order valence-corrected chi connectivity index (χ0v) is 9.02. The van der Waals surface area contributed by atoms with Crippen molar-refractivity contribution >= 4 is 11.8 Å². The Hall–Kier alpha value is -2.48. The highest BCUT2D eigenvalue weighted by molar-refractivity contribution is 5.43. The second-order valence-electron chi connectivity index (χ2n) is 3.27. The quantitative estimate of drug-likeness (QED) is 0.565. The van der Waals surface area contributed by atoms with Gasteiger partial charge in [0.2, 0.25) is 11.8 Å². The predicted molar refractivity (Wildman–Crippen MR) is 60.7 cm³/mol. The van der Waals surface area contributed by atoms with Crippen LogP contribution >= 0.6 is 0 Å². The number of hydrazine groups is 1. The molecule has 0 radical (unpaired) electrons. The van der Waals surface area contributed by atoms with Crippen LogP contribution in [0.2, 0.25) is 0 Å². The normalized spacial score (nSPS) is 10.2. The summed E-state index contributed by atoms with van der Waals surface area (Å²) >= 11 is 0. The molecule has 0 unspecified atom stereocenters. The van der Waals surface area contributed by atoms with E-state index in [0.29, 0.717) is 0 Å². The summed E-state index contributed by atoms with van der Waals surface area (Å²) in [4.78, 5) is 7.50. The van der Waals surface area contributed by atoms with E-state index < -0.39 is 11.6 Å². The average Bonchev–Trinajstić information content (AvgIpc) is 2.33. The van der Waals surface area contributed by atoms with Gasteiger partial charge in [0, 0.05) is 12.1 Å². The molecule has 1 aromatic heterocycles. The van der Waals surface area contributed by atoms with E-state index in [9.17, 15) is 8.78 Å². The maximum absolute atomic E-state index is 13.0. The first-order valence-corrected chi connectivity index (χ1v) is 4.82. The highest BCUT2D eigenvalue weighted by Crippen LogP contribution is 2.23. The number of rotatable bonds is 3. The van der Waals surface area contributed by atoms with Crippen LogP contribution in [0.5, 0.6) is 11.6 Å². The molecule has 1 heterocycles. The van der Waals surface area contributed by atoms with Crippen LogP contribution in [0.15, 0.2) is 24.3 Å². The number of ether oxygens (including phenoxy) is 1. The van der Waals surface area contributed by atoms with Crippen LogP contribution in [-0.2, 0) is 0 Å². The molecule has 2 rings (SSSR count). The van der Waals surface area contributed by atoms with Crippen molar-refractivity contribution in [1.82, 2.24) is 9.97 Å². The molecule has 6 nitrogen and oxygen atoms in total. The maximum atomic E-state index is 13.0. The third-order valence-corrected chi connectivity index (χ3v) is 1.98. The van der Waals surface area contributed by atoms with Crippen molar-refractivity contribution < 1.29 is 13.5 Å². The van der Waals surface area contributed by atoms with Gasteiger partial charge in [0.05, 0.1) is 0 Å². The van der Waals surface area contributed by atoms with E-state index in [2.05, 4.69) is 15.4 Å². The Kier molecular flexibility index (Phi) is 3.20. The first-order valence-electron chi connectivity index (χ1n) is 4.82. The number of aromatic nitrogens is 2. The number of hydrogen-bond donors (Lipinski definition) is 3. The van der Waals surface area contributed by atoms with Crippen molar-refractivity contribution in [1.29, 1.82) is 0 Å². The van der Waals surface area contributed by atoms with Gasteiger partial charge in [-0.15, -0.1) is 0 Å². The Morgan fingerprint density at radius 3 is 2.56 bits per heavy atom. The van der Waals surface area contributed by atoms with Crippen LogP contribution in [-0.4, -0.2) is 9.97 Å². The zero-order chi connectivity index (χ0) is 13.1. The van der Waals surface area contributed by atoms with Gasteiger partial charge >= 0.3 is 0 Å². The molecular weight excluding hydrogens is 244 g/mol. The van der Waals surface area contributed by atoms with E-state index in [1.807, 2.05) is 0 Å². The lowest BCUT2D eigenvalue weighted by atomic mass is 10.3. The molecule has 0 saturated heterocycles. The lowest BCUT2D eigenvalue weighted by Gasteiger charge is -2.07. The summed E-state index contributed by atoms with van der Waals surface area (Å²) in [5.74, 6) is 3.48. The van der Waals surface area contributed by atoms with Crippen molar-refractivity contribution in [3.63, 3.8) is 0 Å². The smallest absolute Gasteiger partial charge is 0.226 e. The second-order valence-corrected chi connectivity index (χ2v) is 3.27. The number of nitrogens with zero attached hydrogens (tertiary/aromatic N) is 2. The average molecular weight is 253 g/mol. The first kappa shape index (κ1) is 12.0. The van der Waals surface area contributed by atoms with Crippen LogP contribution in [0.3, 0.4) is 0 Å². The molecule has 0 aliphatic heterocycles. The minimum atomic E-state index is -1.02. The number of nitrogens with two attached hydrogens (primary N) is 2. The third kappa shape index (κ3) is 2.61. The zero-order valence-electron chi connectivity index (χ0n) is 9.02. The lowest BCUT2D eigenvalue weighted by Crippen LogP contribution is -2.10. The van der Waals surface area contributed by atoms with E-state index >= 15 is 0 Å². The highest BCUT2D eigenvalue weighted by atomic mass is 19.2. The number of nitrogen functional groups attached to an aromatic ring is 2. The summed E-state index contributed by atoms with van der Waals surface area (Å²) in [6.45, 7) is 0. The van der Waals surface area contributed by atoms with Crippen LogP contribution < -0.4 is 21.7 Å². The molecule has 18 heavy (non-hydrogen) atoms. The number of halogens is 2. The lowest BCUT2D eigenvalue weighted by molar-refractivity contribution is 0.447. The topological polar surface area (TPSA) is 99.1 Å². The summed E-state index contributed by atoms with van der Waals surface area (Å²) in [5, 5.41) is 0. The van der Waals surface area contributed by atoms with Crippen molar-refractivity contribution in [2.24, 2.45) is 5.84 Å². The number of nitrogens with one attached hydrogen (secondary N) is 1. The van der Waals surface area contributed by atoms with E-state index in [-0.39, 0.29) is 23.4 Å². The molecule has 0 saturated carbocycles. The number of anilines is 2. The summed E-state index contributed by atoms with van der Waals surface area (Å²) in [6, 6.07) is 4.45. The van der Waals surface area contributed by atoms with Gasteiger partial charge in [-0.05, 0) is 12.1 Å². The molecule has 0 aliphatic rings. The molecular formula is C10H9F2N5O. The Balaban J connectivity index is 2.27. The molecule has 0 aliphatic carbocycles. The molecule has 0 bridgehead atoms. The first-order chi connectivity index (χ1) is 8.58. The van der Waals surface area contributed by atoms with Gasteiger partial charge in [0.25, 0.3) is 0 Å². The molecule has 0 fully saturated rings. The summed E-state index contributed by atoms with van der Waals surface area (Å²) in [5.41, 5.74) is 7.68. The summed E-state index contributed by atoms with van der Waals surface area (Å²) in [7, 11) is 0. The van der Waals surface area contributed by atoms with Crippen LogP contribution in [0.25, 0.3) is 0 Å².